The van der Waals surface area contributed by atoms with Gasteiger partial charge in [-0.3, -0.25) is 4.79 Å². The number of nitrogens with zero attached hydrogens (tertiary/aromatic N) is 3. The third-order valence-corrected chi connectivity index (χ3v) is 3.96. The number of rotatable bonds is 1. The molecule has 2 aliphatic heterocycles. The van der Waals surface area contributed by atoms with Crippen molar-refractivity contribution in [1.29, 1.82) is 0 Å². The van der Waals surface area contributed by atoms with Gasteiger partial charge in [-0.1, -0.05) is 0 Å². The minimum absolute atomic E-state index is 0.00431. The Bertz CT molecular complexity index is 516. The highest BCUT2D eigenvalue weighted by atomic mass is 16.7. The SMILES string of the molecule is Cc1ncc(C(=O)N2CCC3(CC2)OCCO3)c(C)n1. The van der Waals surface area contributed by atoms with Crippen LogP contribution in [0.25, 0.3) is 0 Å². The number of likely N-dealkylation sites (tertiary alicyclic amines) is 1. The largest absolute Gasteiger partial charge is 0.347 e. The van der Waals surface area contributed by atoms with Gasteiger partial charge in [0.05, 0.1) is 24.5 Å². The summed E-state index contributed by atoms with van der Waals surface area (Å²) in [6.45, 7) is 6.26. The summed E-state index contributed by atoms with van der Waals surface area (Å²) in [5.41, 5.74) is 1.32. The zero-order valence-corrected chi connectivity index (χ0v) is 11.9. The summed E-state index contributed by atoms with van der Waals surface area (Å²) in [6.07, 6.45) is 3.07. The van der Waals surface area contributed by atoms with Gasteiger partial charge >= 0.3 is 0 Å². The van der Waals surface area contributed by atoms with Crippen LogP contribution in [0.2, 0.25) is 0 Å². The summed E-state index contributed by atoms with van der Waals surface area (Å²) in [7, 11) is 0. The van der Waals surface area contributed by atoms with E-state index in [9.17, 15) is 4.79 Å². The van der Waals surface area contributed by atoms with Crippen molar-refractivity contribution in [2.24, 2.45) is 0 Å². The fourth-order valence-corrected chi connectivity index (χ4v) is 2.80. The Morgan fingerprint density at radius 2 is 1.90 bits per heavy atom. The molecule has 108 valence electrons. The Morgan fingerprint density at radius 3 is 2.50 bits per heavy atom. The molecule has 0 radical (unpaired) electrons. The van der Waals surface area contributed by atoms with Crippen LogP contribution in [0.4, 0.5) is 0 Å². The fourth-order valence-electron chi connectivity index (χ4n) is 2.80. The number of amides is 1. The quantitative estimate of drug-likeness (QED) is 0.768. The van der Waals surface area contributed by atoms with Crippen LogP contribution in [-0.4, -0.2) is 52.9 Å². The molecule has 1 aromatic heterocycles. The molecule has 2 fully saturated rings. The summed E-state index contributed by atoms with van der Waals surface area (Å²) in [5, 5.41) is 0. The van der Waals surface area contributed by atoms with Crippen molar-refractivity contribution in [3.63, 3.8) is 0 Å². The molecule has 1 spiro atoms. The van der Waals surface area contributed by atoms with E-state index in [1.54, 1.807) is 6.20 Å². The van der Waals surface area contributed by atoms with Gasteiger partial charge in [-0.05, 0) is 13.8 Å². The minimum Gasteiger partial charge on any atom is -0.347 e. The van der Waals surface area contributed by atoms with Gasteiger partial charge < -0.3 is 14.4 Å². The van der Waals surface area contributed by atoms with Crippen molar-refractivity contribution < 1.29 is 14.3 Å². The van der Waals surface area contributed by atoms with E-state index in [1.807, 2.05) is 18.7 Å². The van der Waals surface area contributed by atoms with E-state index >= 15 is 0 Å². The Balaban J connectivity index is 1.69. The third-order valence-electron chi connectivity index (χ3n) is 3.96. The van der Waals surface area contributed by atoms with Crippen molar-refractivity contribution in [3.05, 3.63) is 23.3 Å². The summed E-state index contributed by atoms with van der Waals surface area (Å²) in [6, 6.07) is 0. The minimum atomic E-state index is -0.449. The maximum atomic E-state index is 12.5. The standard InChI is InChI=1S/C14H19N3O3/c1-10-12(9-15-11(2)16-10)13(18)17-5-3-14(4-6-17)19-7-8-20-14/h9H,3-8H2,1-2H3. The van der Waals surface area contributed by atoms with Gasteiger partial charge in [-0.2, -0.15) is 0 Å². The van der Waals surface area contributed by atoms with Crippen LogP contribution >= 0.6 is 0 Å². The zero-order valence-electron chi connectivity index (χ0n) is 11.9. The summed E-state index contributed by atoms with van der Waals surface area (Å²) < 4.78 is 11.3. The molecule has 20 heavy (non-hydrogen) atoms. The lowest BCUT2D eigenvalue weighted by Crippen LogP contribution is -2.47. The highest BCUT2D eigenvalue weighted by Gasteiger charge is 2.41. The van der Waals surface area contributed by atoms with Gasteiger partial charge in [0.2, 0.25) is 0 Å². The molecule has 0 saturated carbocycles. The fraction of sp³-hybridized carbons (Fsp3) is 0.643. The highest BCUT2D eigenvalue weighted by molar-refractivity contribution is 5.95. The van der Waals surface area contributed by atoms with Gasteiger partial charge in [-0.15, -0.1) is 0 Å². The normalized spacial score (nSPS) is 21.4. The van der Waals surface area contributed by atoms with Crippen LogP contribution in [0, 0.1) is 13.8 Å². The van der Waals surface area contributed by atoms with Crippen LogP contribution in [-0.2, 0) is 9.47 Å². The molecule has 0 aliphatic carbocycles. The topological polar surface area (TPSA) is 64.6 Å². The van der Waals surface area contributed by atoms with Gasteiger partial charge in [0.25, 0.3) is 5.91 Å². The highest BCUT2D eigenvalue weighted by Crippen LogP contribution is 2.31. The van der Waals surface area contributed by atoms with Crippen molar-refractivity contribution >= 4 is 5.91 Å². The molecule has 6 heteroatoms. The first-order valence-electron chi connectivity index (χ1n) is 6.97. The van der Waals surface area contributed by atoms with Crippen LogP contribution in [0.1, 0.15) is 34.7 Å². The van der Waals surface area contributed by atoms with E-state index in [2.05, 4.69) is 9.97 Å². The van der Waals surface area contributed by atoms with Crippen LogP contribution in [0.15, 0.2) is 6.20 Å². The first-order valence-corrected chi connectivity index (χ1v) is 6.97. The number of hydrogen-bond donors (Lipinski definition) is 0. The summed E-state index contributed by atoms with van der Waals surface area (Å²) in [4.78, 5) is 22.7. The van der Waals surface area contributed by atoms with Crippen molar-refractivity contribution in [1.82, 2.24) is 14.9 Å². The Kier molecular flexibility index (Phi) is 3.43. The molecule has 2 saturated heterocycles. The lowest BCUT2D eigenvalue weighted by atomic mass is 10.0. The number of piperidine rings is 1. The predicted molar refractivity (Wildman–Crippen MR) is 71.3 cm³/mol. The van der Waals surface area contributed by atoms with Crippen LogP contribution in [0.5, 0.6) is 0 Å². The van der Waals surface area contributed by atoms with E-state index in [1.165, 1.54) is 0 Å². The van der Waals surface area contributed by atoms with E-state index < -0.39 is 5.79 Å². The van der Waals surface area contributed by atoms with Crippen LogP contribution < -0.4 is 0 Å². The van der Waals surface area contributed by atoms with Crippen molar-refractivity contribution in [2.75, 3.05) is 26.3 Å². The van der Waals surface area contributed by atoms with Crippen molar-refractivity contribution in [2.45, 2.75) is 32.5 Å². The molecule has 1 amide bonds. The number of aryl methyl sites for hydroxylation is 2. The lowest BCUT2D eigenvalue weighted by molar-refractivity contribution is -0.181. The number of hydrogen-bond acceptors (Lipinski definition) is 5. The molecule has 2 aliphatic rings. The Labute approximate surface area is 118 Å². The second-order valence-corrected chi connectivity index (χ2v) is 5.32. The van der Waals surface area contributed by atoms with Gasteiger partial charge in [-0.25, -0.2) is 9.97 Å². The van der Waals surface area contributed by atoms with Crippen molar-refractivity contribution in [3.8, 4) is 0 Å². The van der Waals surface area contributed by atoms with Gasteiger partial charge in [0.15, 0.2) is 5.79 Å². The molecular weight excluding hydrogens is 258 g/mol. The van der Waals surface area contributed by atoms with Gasteiger partial charge in [0.1, 0.15) is 5.82 Å². The molecule has 1 aromatic rings. The average Bonchev–Trinajstić information content (AvgIpc) is 2.87. The maximum absolute atomic E-state index is 12.5. The second-order valence-electron chi connectivity index (χ2n) is 5.32. The first-order chi connectivity index (χ1) is 9.60. The Hall–Kier alpha value is -1.53. The maximum Gasteiger partial charge on any atom is 0.257 e. The van der Waals surface area contributed by atoms with Crippen LogP contribution in [0.3, 0.4) is 0 Å². The number of carbonyl (C=O) groups excluding carboxylic acids is 1. The zero-order chi connectivity index (χ0) is 14.2. The molecule has 0 unspecified atom stereocenters. The molecule has 0 atom stereocenters. The molecule has 6 nitrogen and oxygen atoms in total. The molecule has 3 rings (SSSR count). The van der Waals surface area contributed by atoms with E-state index in [0.29, 0.717) is 37.7 Å². The number of aromatic nitrogens is 2. The Morgan fingerprint density at radius 1 is 1.25 bits per heavy atom. The van der Waals surface area contributed by atoms with Gasteiger partial charge in [0, 0.05) is 32.1 Å². The molecule has 0 bridgehead atoms. The smallest absolute Gasteiger partial charge is 0.257 e. The molecule has 3 heterocycles. The predicted octanol–water partition coefficient (Wildman–Crippen LogP) is 1.07. The van der Waals surface area contributed by atoms with E-state index in [-0.39, 0.29) is 5.91 Å². The molecular formula is C14H19N3O3. The summed E-state index contributed by atoms with van der Waals surface area (Å²) in [5.74, 6) is 0.232. The average molecular weight is 277 g/mol. The first kappa shape index (κ1) is 13.5. The van der Waals surface area contributed by atoms with E-state index in [4.69, 9.17) is 9.47 Å². The second kappa shape index (κ2) is 5.10. The summed E-state index contributed by atoms with van der Waals surface area (Å²) >= 11 is 0. The monoisotopic (exact) mass is 277 g/mol. The number of carbonyl (C=O) groups is 1. The third kappa shape index (κ3) is 2.41. The lowest BCUT2D eigenvalue weighted by Gasteiger charge is -2.37. The molecule has 0 aromatic carbocycles. The van der Waals surface area contributed by atoms with E-state index in [0.717, 1.165) is 18.5 Å². The number of ether oxygens (including phenoxy) is 2. The molecule has 0 N–H and O–H groups in total.